The van der Waals surface area contributed by atoms with E-state index in [1.165, 1.54) is 44.0 Å². The van der Waals surface area contributed by atoms with Gasteiger partial charge in [-0.3, -0.25) is 0 Å². The van der Waals surface area contributed by atoms with E-state index >= 15 is 0 Å². The summed E-state index contributed by atoms with van der Waals surface area (Å²) in [5, 5.41) is 0. The van der Waals surface area contributed by atoms with Crippen LogP contribution >= 0.6 is 0 Å². The van der Waals surface area contributed by atoms with Gasteiger partial charge in [0.2, 0.25) is 6.85 Å². The van der Waals surface area contributed by atoms with E-state index in [4.69, 9.17) is 0 Å². The van der Waals surface area contributed by atoms with Gasteiger partial charge in [0.05, 0.1) is 0 Å². The summed E-state index contributed by atoms with van der Waals surface area (Å²) in [6.07, 6.45) is 6.90. The second-order valence-corrected chi connectivity index (χ2v) is 4.89. The topological polar surface area (TPSA) is 3.24 Å². The van der Waals surface area contributed by atoms with Gasteiger partial charge in [-0.05, 0) is 18.5 Å². The maximum atomic E-state index is 2.68. The fraction of sp³-hybridized carbons (Fsp3) is 0.571. The summed E-state index contributed by atoms with van der Waals surface area (Å²) in [5.41, 5.74) is 1.46. The highest BCUT2D eigenvalue weighted by Gasteiger charge is 2.24. The Kier molecular flexibility index (Phi) is 4.47. The smallest absolute Gasteiger partial charge is 0.223 e. The monoisotopic (exact) mass is 215 g/mol. The van der Waals surface area contributed by atoms with Gasteiger partial charge in [0.25, 0.3) is 0 Å². The van der Waals surface area contributed by atoms with Gasteiger partial charge >= 0.3 is 0 Å². The first-order valence-corrected chi connectivity index (χ1v) is 6.68. The van der Waals surface area contributed by atoms with Crippen molar-refractivity contribution in [2.45, 2.75) is 45.4 Å². The third-order valence-corrected chi connectivity index (χ3v) is 3.60. The first kappa shape index (κ1) is 11.7. The average molecular weight is 215 g/mol. The van der Waals surface area contributed by atoms with E-state index in [0.717, 1.165) is 13.4 Å². The van der Waals surface area contributed by atoms with E-state index < -0.39 is 0 Å². The predicted molar refractivity (Wildman–Crippen MR) is 71.7 cm³/mol. The van der Waals surface area contributed by atoms with Crippen LogP contribution in [0, 0.1) is 0 Å². The second kappa shape index (κ2) is 6.10. The Hall–Kier alpha value is -0.755. The molecule has 1 saturated heterocycles. The van der Waals surface area contributed by atoms with Crippen molar-refractivity contribution in [1.29, 1.82) is 0 Å². The van der Waals surface area contributed by atoms with Crippen molar-refractivity contribution in [1.82, 2.24) is 4.81 Å². The number of benzene rings is 1. The number of hydrogen-bond donors (Lipinski definition) is 0. The molecule has 0 atom stereocenters. The van der Waals surface area contributed by atoms with Crippen LogP contribution in [-0.4, -0.2) is 18.2 Å². The lowest BCUT2D eigenvalue weighted by Gasteiger charge is -2.33. The van der Waals surface area contributed by atoms with Crippen molar-refractivity contribution >= 4 is 6.85 Å². The lowest BCUT2D eigenvalue weighted by atomic mass is 9.51. The van der Waals surface area contributed by atoms with Crippen molar-refractivity contribution in [3.05, 3.63) is 35.9 Å². The van der Waals surface area contributed by atoms with Gasteiger partial charge < -0.3 is 4.81 Å². The SMILES string of the molecule is CCCB1CCCCN1Cc1ccccc1. The van der Waals surface area contributed by atoms with E-state index in [1.807, 2.05) is 0 Å². The first-order valence-electron chi connectivity index (χ1n) is 6.68. The molecule has 0 amide bonds. The third-order valence-electron chi connectivity index (χ3n) is 3.60. The molecule has 1 aliphatic rings. The Bertz CT molecular complexity index is 297. The van der Waals surface area contributed by atoms with E-state index in [9.17, 15) is 0 Å². The van der Waals surface area contributed by atoms with Crippen LogP contribution in [0.25, 0.3) is 0 Å². The normalized spacial score (nSPS) is 17.7. The summed E-state index contributed by atoms with van der Waals surface area (Å²) < 4.78 is 0. The Morgan fingerprint density at radius 1 is 1.19 bits per heavy atom. The van der Waals surface area contributed by atoms with Crippen LogP contribution in [0.3, 0.4) is 0 Å². The first-order chi connectivity index (χ1) is 7.90. The van der Waals surface area contributed by atoms with Gasteiger partial charge in [-0.25, -0.2) is 0 Å². The molecule has 1 aromatic rings. The maximum Gasteiger partial charge on any atom is 0.223 e. The van der Waals surface area contributed by atoms with Crippen LogP contribution in [-0.2, 0) is 6.54 Å². The van der Waals surface area contributed by atoms with Crippen molar-refractivity contribution in [2.75, 3.05) is 6.54 Å². The molecule has 0 N–H and O–H groups in total. The highest BCUT2D eigenvalue weighted by atomic mass is 15.1. The largest absolute Gasteiger partial charge is 0.338 e. The zero-order chi connectivity index (χ0) is 11.2. The lowest BCUT2D eigenvalue weighted by Crippen LogP contribution is -2.42. The highest BCUT2D eigenvalue weighted by molar-refractivity contribution is 6.55. The molecule has 2 rings (SSSR count). The van der Waals surface area contributed by atoms with Gasteiger partial charge in [-0.1, -0.05) is 62.7 Å². The van der Waals surface area contributed by atoms with E-state index in [1.54, 1.807) is 0 Å². The molecule has 0 saturated carbocycles. The summed E-state index contributed by atoms with van der Waals surface area (Å²) in [7, 11) is 0. The summed E-state index contributed by atoms with van der Waals surface area (Å²) in [6, 6.07) is 10.9. The lowest BCUT2D eigenvalue weighted by molar-refractivity contribution is 0.386. The van der Waals surface area contributed by atoms with Gasteiger partial charge in [0.1, 0.15) is 0 Å². The molecule has 0 aliphatic carbocycles. The van der Waals surface area contributed by atoms with E-state index in [0.29, 0.717) is 0 Å². The zero-order valence-electron chi connectivity index (χ0n) is 10.4. The molecule has 0 aromatic heterocycles. The number of nitrogens with zero attached hydrogens (tertiary/aromatic N) is 1. The van der Waals surface area contributed by atoms with E-state index in [-0.39, 0.29) is 0 Å². The Balaban J connectivity index is 1.96. The fourth-order valence-corrected chi connectivity index (χ4v) is 2.75. The van der Waals surface area contributed by atoms with Crippen LogP contribution in [0.4, 0.5) is 0 Å². The van der Waals surface area contributed by atoms with Crippen LogP contribution in [0.5, 0.6) is 0 Å². The van der Waals surface area contributed by atoms with Gasteiger partial charge in [0.15, 0.2) is 0 Å². The molecular formula is C14H22BN. The Morgan fingerprint density at radius 3 is 2.75 bits per heavy atom. The van der Waals surface area contributed by atoms with Crippen LogP contribution in [0.15, 0.2) is 30.3 Å². The molecule has 1 aliphatic heterocycles. The zero-order valence-corrected chi connectivity index (χ0v) is 10.4. The number of rotatable bonds is 4. The van der Waals surface area contributed by atoms with E-state index in [2.05, 4.69) is 42.1 Å². The van der Waals surface area contributed by atoms with Crippen LogP contribution in [0.2, 0.25) is 12.6 Å². The molecule has 0 unspecified atom stereocenters. The molecule has 0 spiro atoms. The predicted octanol–water partition coefficient (Wildman–Crippen LogP) is 3.68. The molecule has 86 valence electrons. The molecule has 1 fully saturated rings. The minimum atomic E-state index is 0.832. The van der Waals surface area contributed by atoms with Crippen LogP contribution < -0.4 is 0 Å². The summed E-state index contributed by atoms with van der Waals surface area (Å²) in [4.78, 5) is 2.68. The van der Waals surface area contributed by atoms with Crippen molar-refractivity contribution in [3.8, 4) is 0 Å². The average Bonchev–Trinajstić information content (AvgIpc) is 2.33. The number of hydrogen-bond acceptors (Lipinski definition) is 1. The molecule has 0 bridgehead atoms. The second-order valence-electron chi connectivity index (χ2n) is 4.89. The van der Waals surface area contributed by atoms with Crippen LogP contribution in [0.1, 0.15) is 31.7 Å². The highest BCUT2D eigenvalue weighted by Crippen LogP contribution is 2.21. The summed E-state index contributed by atoms with van der Waals surface area (Å²) in [6.45, 7) is 5.57. The van der Waals surface area contributed by atoms with Gasteiger partial charge in [-0.2, -0.15) is 0 Å². The molecule has 1 heterocycles. The van der Waals surface area contributed by atoms with Crippen molar-refractivity contribution in [2.24, 2.45) is 0 Å². The molecule has 0 radical (unpaired) electrons. The van der Waals surface area contributed by atoms with Gasteiger partial charge in [0, 0.05) is 6.54 Å². The fourth-order valence-electron chi connectivity index (χ4n) is 2.75. The summed E-state index contributed by atoms with van der Waals surface area (Å²) in [5.74, 6) is 0. The Morgan fingerprint density at radius 2 is 2.00 bits per heavy atom. The maximum absolute atomic E-state index is 2.68. The molecule has 16 heavy (non-hydrogen) atoms. The third kappa shape index (κ3) is 3.12. The quantitative estimate of drug-likeness (QED) is 0.692. The molecular weight excluding hydrogens is 193 g/mol. The molecule has 1 nitrogen and oxygen atoms in total. The Labute approximate surface area is 100.0 Å². The minimum Gasteiger partial charge on any atom is -0.338 e. The van der Waals surface area contributed by atoms with Gasteiger partial charge in [-0.15, -0.1) is 0 Å². The van der Waals surface area contributed by atoms with Crippen molar-refractivity contribution in [3.63, 3.8) is 0 Å². The summed E-state index contributed by atoms with van der Waals surface area (Å²) >= 11 is 0. The standard InChI is InChI=1S/C14H22BN/c1-2-10-15-11-6-7-12-16(15)13-14-8-4-3-5-9-14/h3-5,8-9H,2,6-7,10-13H2,1H3. The van der Waals surface area contributed by atoms with Crippen molar-refractivity contribution < 1.29 is 0 Å². The molecule has 2 heteroatoms. The minimum absolute atomic E-state index is 0.832. The molecule has 1 aromatic carbocycles.